The first-order valence-electron chi connectivity index (χ1n) is 4.76. The minimum atomic E-state index is -0.280. The van der Waals surface area contributed by atoms with Crippen molar-refractivity contribution in [3.05, 3.63) is 11.8 Å². The third-order valence-corrected chi connectivity index (χ3v) is 2.11. The molecule has 0 bridgehead atoms. The molecule has 0 aromatic heterocycles. The molecule has 4 heteroatoms. The average Bonchev–Trinajstić information content (AvgIpc) is 2.59. The van der Waals surface area contributed by atoms with Crippen LogP contribution in [0.25, 0.3) is 0 Å². The van der Waals surface area contributed by atoms with Crippen LogP contribution in [-0.4, -0.2) is 23.7 Å². The summed E-state index contributed by atoms with van der Waals surface area (Å²) in [5.74, 6) is 0.477. The lowest BCUT2D eigenvalue weighted by molar-refractivity contribution is -0.111. The molecule has 0 atom stereocenters. The van der Waals surface area contributed by atoms with Crippen molar-refractivity contribution in [3.8, 4) is 0 Å². The van der Waals surface area contributed by atoms with E-state index in [1.54, 1.807) is 6.08 Å². The van der Waals surface area contributed by atoms with Crippen LogP contribution in [0.3, 0.4) is 0 Å². The van der Waals surface area contributed by atoms with Crippen molar-refractivity contribution in [2.75, 3.05) is 0 Å². The smallest absolute Gasteiger partial charge is 0.265 e. The summed E-state index contributed by atoms with van der Waals surface area (Å²) in [4.78, 5) is 23.3. The molecule has 0 radical (unpaired) electrons. The van der Waals surface area contributed by atoms with Gasteiger partial charge in [0.2, 0.25) is 0 Å². The Kier molecular flexibility index (Phi) is 2.35. The second-order valence-corrected chi connectivity index (χ2v) is 3.23. The summed E-state index contributed by atoms with van der Waals surface area (Å²) in [5, 5.41) is 0. The maximum atomic E-state index is 11.3. The number of aliphatic imine (C=N–C) groups is 3. The van der Waals surface area contributed by atoms with Gasteiger partial charge in [-0.05, 0) is 12.5 Å². The fraction of sp³-hybridized carbons (Fsp3) is 0.400. The molecule has 0 spiro atoms. The maximum Gasteiger partial charge on any atom is 0.297 e. The number of fused-ring (bicyclic) bond motifs is 1. The van der Waals surface area contributed by atoms with E-state index in [1.165, 1.54) is 6.21 Å². The molecule has 0 saturated heterocycles. The van der Waals surface area contributed by atoms with Crippen molar-refractivity contribution in [1.29, 1.82) is 0 Å². The largest absolute Gasteiger partial charge is 0.297 e. The number of nitrogens with zero attached hydrogens (tertiary/aromatic N) is 3. The minimum Gasteiger partial charge on any atom is -0.265 e. The third kappa shape index (κ3) is 1.55. The first-order valence-corrected chi connectivity index (χ1v) is 4.76. The number of unbranched alkanes of at least 4 members (excludes halogenated alkanes) is 1. The van der Waals surface area contributed by atoms with Crippen molar-refractivity contribution in [1.82, 2.24) is 0 Å². The van der Waals surface area contributed by atoms with Gasteiger partial charge in [-0.2, -0.15) is 0 Å². The van der Waals surface area contributed by atoms with Gasteiger partial charge in [-0.3, -0.25) is 4.79 Å². The molecule has 1 amide bonds. The molecule has 2 rings (SSSR count). The molecule has 14 heavy (non-hydrogen) atoms. The van der Waals surface area contributed by atoms with Crippen LogP contribution >= 0.6 is 0 Å². The molecule has 0 unspecified atom stereocenters. The van der Waals surface area contributed by atoms with Crippen LogP contribution in [0.2, 0.25) is 0 Å². The van der Waals surface area contributed by atoms with Gasteiger partial charge < -0.3 is 0 Å². The molecular weight excluding hydrogens is 178 g/mol. The van der Waals surface area contributed by atoms with Gasteiger partial charge in [0, 0.05) is 12.6 Å². The zero-order chi connectivity index (χ0) is 9.97. The zero-order valence-corrected chi connectivity index (χ0v) is 8.03. The summed E-state index contributed by atoms with van der Waals surface area (Å²) >= 11 is 0. The number of dihydropyridines is 1. The van der Waals surface area contributed by atoms with Gasteiger partial charge in [0.05, 0.1) is 5.70 Å². The Labute approximate surface area is 82.2 Å². The standard InChI is InChI=1S/C10H11N3O/c1-2-3-4-8-12-7-5-6-11-10(14)9(7)13-8/h5-6H,2-4H2,1H3. The van der Waals surface area contributed by atoms with Gasteiger partial charge >= 0.3 is 0 Å². The van der Waals surface area contributed by atoms with E-state index in [1.807, 2.05) is 0 Å². The molecular formula is C10H11N3O. The first-order chi connectivity index (χ1) is 6.81. The molecule has 2 aliphatic rings. The third-order valence-electron chi connectivity index (χ3n) is 2.11. The van der Waals surface area contributed by atoms with Gasteiger partial charge in [0.25, 0.3) is 5.91 Å². The molecule has 0 aliphatic carbocycles. The van der Waals surface area contributed by atoms with Crippen LogP contribution < -0.4 is 0 Å². The van der Waals surface area contributed by atoms with E-state index < -0.39 is 0 Å². The Morgan fingerprint density at radius 2 is 2.21 bits per heavy atom. The monoisotopic (exact) mass is 189 g/mol. The zero-order valence-electron chi connectivity index (χ0n) is 8.03. The quantitative estimate of drug-likeness (QED) is 0.664. The molecule has 72 valence electrons. The highest BCUT2D eigenvalue weighted by molar-refractivity contribution is 6.50. The maximum absolute atomic E-state index is 11.3. The Hall–Kier alpha value is -1.58. The molecule has 0 aromatic carbocycles. The number of carbonyl (C=O) groups excluding carboxylic acids is 1. The van der Waals surface area contributed by atoms with E-state index in [-0.39, 0.29) is 5.91 Å². The van der Waals surface area contributed by atoms with Gasteiger partial charge in [0.15, 0.2) is 5.71 Å². The van der Waals surface area contributed by atoms with E-state index in [0.717, 1.165) is 25.1 Å². The highest BCUT2D eigenvalue weighted by atomic mass is 16.1. The van der Waals surface area contributed by atoms with Crippen molar-refractivity contribution in [2.45, 2.75) is 26.2 Å². The molecule has 2 aliphatic heterocycles. The van der Waals surface area contributed by atoms with Gasteiger partial charge in [-0.15, -0.1) is 0 Å². The number of rotatable bonds is 3. The number of allylic oxidation sites excluding steroid dienone is 1. The lowest BCUT2D eigenvalue weighted by Gasteiger charge is -1.97. The average molecular weight is 189 g/mol. The van der Waals surface area contributed by atoms with Gasteiger partial charge in [-0.1, -0.05) is 13.3 Å². The Bertz CT molecular complexity index is 388. The molecule has 0 N–H and O–H groups in total. The molecule has 0 saturated carbocycles. The van der Waals surface area contributed by atoms with Crippen molar-refractivity contribution in [3.63, 3.8) is 0 Å². The second-order valence-electron chi connectivity index (χ2n) is 3.23. The van der Waals surface area contributed by atoms with Crippen LogP contribution in [0.15, 0.2) is 26.8 Å². The summed E-state index contributed by atoms with van der Waals surface area (Å²) in [6.45, 7) is 2.11. The summed E-state index contributed by atoms with van der Waals surface area (Å²) < 4.78 is 0. The van der Waals surface area contributed by atoms with Gasteiger partial charge in [-0.25, -0.2) is 15.0 Å². The van der Waals surface area contributed by atoms with E-state index >= 15 is 0 Å². The Morgan fingerprint density at radius 3 is 2.93 bits per heavy atom. The van der Waals surface area contributed by atoms with Crippen LogP contribution in [-0.2, 0) is 4.79 Å². The molecule has 0 fully saturated rings. The number of hydrogen-bond acceptors (Lipinski definition) is 3. The predicted molar refractivity (Wildman–Crippen MR) is 56.0 cm³/mol. The summed E-state index contributed by atoms with van der Waals surface area (Å²) in [6.07, 6.45) is 6.19. The van der Waals surface area contributed by atoms with E-state index in [9.17, 15) is 4.79 Å². The highest BCUT2D eigenvalue weighted by Crippen LogP contribution is 2.16. The fourth-order valence-corrected chi connectivity index (χ4v) is 1.36. The lowest BCUT2D eigenvalue weighted by atomic mass is 10.2. The Morgan fingerprint density at radius 1 is 1.36 bits per heavy atom. The second kappa shape index (κ2) is 3.65. The van der Waals surface area contributed by atoms with E-state index in [4.69, 9.17) is 0 Å². The van der Waals surface area contributed by atoms with Crippen LogP contribution in [0.4, 0.5) is 0 Å². The minimum absolute atomic E-state index is 0.280. The topological polar surface area (TPSA) is 54.1 Å². The number of carbonyl (C=O) groups is 1. The predicted octanol–water partition coefficient (Wildman–Crippen LogP) is 1.52. The van der Waals surface area contributed by atoms with E-state index in [0.29, 0.717) is 11.4 Å². The van der Waals surface area contributed by atoms with Crippen LogP contribution in [0.5, 0.6) is 0 Å². The van der Waals surface area contributed by atoms with Crippen LogP contribution in [0.1, 0.15) is 26.2 Å². The molecule has 4 nitrogen and oxygen atoms in total. The fourth-order valence-electron chi connectivity index (χ4n) is 1.36. The van der Waals surface area contributed by atoms with E-state index in [2.05, 4.69) is 21.9 Å². The summed E-state index contributed by atoms with van der Waals surface area (Å²) in [7, 11) is 0. The van der Waals surface area contributed by atoms with Crippen LogP contribution in [0, 0.1) is 0 Å². The van der Waals surface area contributed by atoms with Crippen molar-refractivity contribution in [2.24, 2.45) is 15.0 Å². The highest BCUT2D eigenvalue weighted by Gasteiger charge is 2.23. The first kappa shape index (κ1) is 8.99. The SMILES string of the molecule is CCCCC1=NC2=CC=NC(=O)C2=N1. The van der Waals surface area contributed by atoms with Gasteiger partial charge in [0.1, 0.15) is 5.84 Å². The number of hydrogen-bond donors (Lipinski definition) is 0. The summed E-state index contributed by atoms with van der Waals surface area (Å²) in [6, 6.07) is 0. The van der Waals surface area contributed by atoms with Crippen molar-refractivity contribution >= 4 is 23.7 Å². The Balaban J connectivity index is 2.16. The lowest BCUT2D eigenvalue weighted by Crippen LogP contribution is -2.14. The van der Waals surface area contributed by atoms with Crippen molar-refractivity contribution < 1.29 is 4.79 Å². The number of amidine groups is 1. The molecule has 2 heterocycles. The number of amides is 1. The molecule has 0 aromatic rings. The summed E-state index contributed by atoms with van der Waals surface area (Å²) in [5.41, 5.74) is 1.06. The normalized spacial score (nSPS) is 18.9.